The normalized spacial score (nSPS) is 35.1. The molecule has 2 aliphatic heterocycles. The van der Waals surface area contributed by atoms with Gasteiger partial charge in [-0.25, -0.2) is 0 Å². The summed E-state index contributed by atoms with van der Waals surface area (Å²) in [5, 5.41) is 9.74. The molecule has 3 unspecified atom stereocenters. The quantitative estimate of drug-likeness (QED) is 0.721. The largest absolute Gasteiger partial charge is 0.393 e. The number of hydrogen-bond acceptors (Lipinski definition) is 4. The van der Waals surface area contributed by atoms with Gasteiger partial charge in [-0.1, -0.05) is 0 Å². The van der Waals surface area contributed by atoms with Crippen LogP contribution < -0.4 is 5.73 Å². The molecule has 4 heteroatoms. The standard InChI is InChI=1S/C13H26N2O2/c1-2-17-13(9-14)5-6-15-10-3-4-11(15)8-12(16)7-10/h10-13,16H,2-9,14H2,1H3. The molecule has 0 spiro atoms. The van der Waals surface area contributed by atoms with Crippen molar-refractivity contribution in [3.63, 3.8) is 0 Å². The highest BCUT2D eigenvalue weighted by atomic mass is 16.5. The molecule has 0 amide bonds. The van der Waals surface area contributed by atoms with E-state index in [-0.39, 0.29) is 12.2 Å². The molecule has 2 fully saturated rings. The van der Waals surface area contributed by atoms with Crippen molar-refractivity contribution in [2.45, 2.75) is 63.3 Å². The summed E-state index contributed by atoms with van der Waals surface area (Å²) in [5.41, 5.74) is 5.70. The Hall–Kier alpha value is -0.160. The Balaban J connectivity index is 1.79. The van der Waals surface area contributed by atoms with Gasteiger partial charge in [0, 0.05) is 31.8 Å². The summed E-state index contributed by atoms with van der Waals surface area (Å²) in [4.78, 5) is 2.58. The van der Waals surface area contributed by atoms with E-state index in [1.54, 1.807) is 0 Å². The van der Waals surface area contributed by atoms with Crippen molar-refractivity contribution in [1.82, 2.24) is 4.90 Å². The lowest BCUT2D eigenvalue weighted by Gasteiger charge is -2.37. The second kappa shape index (κ2) is 6.14. The first-order valence-electron chi connectivity index (χ1n) is 7.00. The first-order valence-corrected chi connectivity index (χ1v) is 7.00. The summed E-state index contributed by atoms with van der Waals surface area (Å²) in [6.45, 7) is 4.45. The second-order valence-electron chi connectivity index (χ2n) is 5.35. The van der Waals surface area contributed by atoms with Crippen LogP contribution in [0.5, 0.6) is 0 Å². The molecule has 0 aromatic heterocycles. The maximum absolute atomic E-state index is 9.74. The van der Waals surface area contributed by atoms with Crippen molar-refractivity contribution in [3.05, 3.63) is 0 Å². The van der Waals surface area contributed by atoms with Gasteiger partial charge in [0.25, 0.3) is 0 Å². The zero-order valence-corrected chi connectivity index (χ0v) is 10.8. The van der Waals surface area contributed by atoms with E-state index in [1.165, 1.54) is 12.8 Å². The van der Waals surface area contributed by atoms with E-state index in [1.807, 2.05) is 6.92 Å². The van der Waals surface area contributed by atoms with Gasteiger partial charge in [0.2, 0.25) is 0 Å². The SMILES string of the molecule is CCOC(CN)CCN1C2CCC1CC(O)C2. The third kappa shape index (κ3) is 3.19. The summed E-state index contributed by atoms with van der Waals surface area (Å²) in [6, 6.07) is 1.20. The van der Waals surface area contributed by atoms with E-state index < -0.39 is 0 Å². The van der Waals surface area contributed by atoms with Crippen molar-refractivity contribution in [2.24, 2.45) is 5.73 Å². The molecule has 0 aliphatic carbocycles. The monoisotopic (exact) mass is 242 g/mol. The predicted molar refractivity (Wildman–Crippen MR) is 67.8 cm³/mol. The smallest absolute Gasteiger partial charge is 0.0709 e. The Bertz CT molecular complexity index is 223. The molecular formula is C13H26N2O2. The number of fused-ring (bicyclic) bond motifs is 2. The molecule has 0 saturated carbocycles. The van der Waals surface area contributed by atoms with Crippen molar-refractivity contribution in [1.29, 1.82) is 0 Å². The van der Waals surface area contributed by atoms with Crippen LogP contribution >= 0.6 is 0 Å². The fourth-order valence-corrected chi connectivity index (χ4v) is 3.41. The lowest BCUT2D eigenvalue weighted by Crippen LogP contribution is -2.46. The third-order valence-corrected chi connectivity index (χ3v) is 4.23. The molecule has 100 valence electrons. The summed E-state index contributed by atoms with van der Waals surface area (Å²) in [6.07, 6.45) is 5.57. The van der Waals surface area contributed by atoms with Crippen LogP contribution in [0.25, 0.3) is 0 Å². The molecule has 3 atom stereocenters. The summed E-state index contributed by atoms with van der Waals surface area (Å²) >= 11 is 0. The van der Waals surface area contributed by atoms with Crippen LogP contribution in [0, 0.1) is 0 Å². The van der Waals surface area contributed by atoms with Crippen molar-refractivity contribution >= 4 is 0 Å². The zero-order valence-electron chi connectivity index (χ0n) is 10.8. The highest BCUT2D eigenvalue weighted by Gasteiger charge is 2.39. The van der Waals surface area contributed by atoms with Crippen LogP contribution in [0.2, 0.25) is 0 Å². The number of aliphatic hydroxyl groups excluding tert-OH is 1. The fraction of sp³-hybridized carbons (Fsp3) is 1.00. The molecule has 2 heterocycles. The molecule has 0 aromatic rings. The molecular weight excluding hydrogens is 216 g/mol. The van der Waals surface area contributed by atoms with Crippen molar-refractivity contribution < 1.29 is 9.84 Å². The van der Waals surface area contributed by atoms with Gasteiger partial charge in [0.15, 0.2) is 0 Å². The minimum absolute atomic E-state index is 0.0686. The number of aliphatic hydroxyl groups is 1. The van der Waals surface area contributed by atoms with E-state index in [9.17, 15) is 5.11 Å². The lowest BCUT2D eigenvalue weighted by atomic mass is 9.99. The minimum atomic E-state index is -0.0686. The predicted octanol–water partition coefficient (Wildman–Crippen LogP) is 0.728. The van der Waals surface area contributed by atoms with Crippen LogP contribution in [-0.4, -0.2) is 54.0 Å². The van der Waals surface area contributed by atoms with Crippen LogP contribution in [0.15, 0.2) is 0 Å². The Kier molecular flexibility index (Phi) is 4.79. The zero-order chi connectivity index (χ0) is 12.3. The number of nitrogens with two attached hydrogens (primary N) is 1. The molecule has 2 saturated heterocycles. The van der Waals surface area contributed by atoms with Gasteiger partial charge in [-0.2, -0.15) is 0 Å². The number of nitrogens with zero attached hydrogens (tertiary/aromatic N) is 1. The first-order chi connectivity index (χ1) is 8.24. The van der Waals surface area contributed by atoms with E-state index in [0.29, 0.717) is 18.6 Å². The number of hydrogen-bond donors (Lipinski definition) is 2. The van der Waals surface area contributed by atoms with Crippen molar-refractivity contribution in [2.75, 3.05) is 19.7 Å². The number of rotatable bonds is 6. The highest BCUT2D eigenvalue weighted by molar-refractivity contribution is 4.95. The average molecular weight is 242 g/mol. The van der Waals surface area contributed by atoms with Crippen LogP contribution in [0.4, 0.5) is 0 Å². The molecule has 2 rings (SSSR count). The fourth-order valence-electron chi connectivity index (χ4n) is 3.41. The van der Waals surface area contributed by atoms with Gasteiger partial charge in [-0.15, -0.1) is 0 Å². The minimum Gasteiger partial charge on any atom is -0.393 e. The molecule has 0 aromatic carbocycles. The van der Waals surface area contributed by atoms with Gasteiger partial charge in [-0.05, 0) is 39.0 Å². The topological polar surface area (TPSA) is 58.7 Å². The molecule has 0 radical (unpaired) electrons. The summed E-state index contributed by atoms with van der Waals surface area (Å²) in [5.74, 6) is 0. The van der Waals surface area contributed by atoms with Crippen LogP contribution in [0.1, 0.15) is 39.0 Å². The lowest BCUT2D eigenvalue weighted by molar-refractivity contribution is 0.0144. The van der Waals surface area contributed by atoms with Crippen LogP contribution in [0.3, 0.4) is 0 Å². The maximum atomic E-state index is 9.74. The van der Waals surface area contributed by atoms with Gasteiger partial charge in [0.1, 0.15) is 0 Å². The maximum Gasteiger partial charge on any atom is 0.0709 e. The molecule has 3 N–H and O–H groups in total. The highest BCUT2D eigenvalue weighted by Crippen LogP contribution is 2.35. The Morgan fingerprint density at radius 1 is 1.35 bits per heavy atom. The van der Waals surface area contributed by atoms with Crippen LogP contribution in [-0.2, 0) is 4.74 Å². The van der Waals surface area contributed by atoms with Gasteiger partial charge >= 0.3 is 0 Å². The molecule has 2 bridgehead atoms. The number of ether oxygens (including phenoxy) is 1. The Labute approximate surface area is 104 Å². The Morgan fingerprint density at radius 2 is 2.00 bits per heavy atom. The molecule has 4 nitrogen and oxygen atoms in total. The second-order valence-corrected chi connectivity index (χ2v) is 5.35. The van der Waals surface area contributed by atoms with Crippen molar-refractivity contribution in [3.8, 4) is 0 Å². The van der Waals surface area contributed by atoms with Gasteiger partial charge in [-0.3, -0.25) is 4.90 Å². The average Bonchev–Trinajstić information content (AvgIpc) is 2.56. The van der Waals surface area contributed by atoms with Gasteiger partial charge < -0.3 is 15.6 Å². The molecule has 2 aliphatic rings. The van der Waals surface area contributed by atoms with E-state index in [2.05, 4.69) is 4.90 Å². The molecule has 17 heavy (non-hydrogen) atoms. The summed E-state index contributed by atoms with van der Waals surface area (Å²) in [7, 11) is 0. The third-order valence-electron chi connectivity index (χ3n) is 4.23. The summed E-state index contributed by atoms with van der Waals surface area (Å²) < 4.78 is 5.59. The van der Waals surface area contributed by atoms with E-state index in [4.69, 9.17) is 10.5 Å². The van der Waals surface area contributed by atoms with Gasteiger partial charge in [0.05, 0.1) is 12.2 Å². The Morgan fingerprint density at radius 3 is 2.53 bits per heavy atom. The number of piperidine rings is 1. The first kappa shape index (κ1) is 13.3. The van der Waals surface area contributed by atoms with E-state index in [0.717, 1.165) is 32.4 Å². The van der Waals surface area contributed by atoms with E-state index >= 15 is 0 Å².